The fourth-order valence-electron chi connectivity index (χ4n) is 1.53. The molecule has 1 aromatic rings. The number of rotatable bonds is 1. The van der Waals surface area contributed by atoms with Crippen molar-refractivity contribution in [2.24, 2.45) is 0 Å². The van der Waals surface area contributed by atoms with Crippen molar-refractivity contribution in [3.63, 3.8) is 0 Å². The summed E-state index contributed by atoms with van der Waals surface area (Å²) < 4.78 is 32.9. The third-order valence-electron chi connectivity index (χ3n) is 2.86. The Morgan fingerprint density at radius 3 is 1.95 bits per heavy atom. The Labute approximate surface area is 139 Å². The summed E-state index contributed by atoms with van der Waals surface area (Å²) >= 11 is 17.5. The first-order valence-corrected chi connectivity index (χ1v) is 8.50. The smallest absolute Gasteiger partial charge is 0.347 e. The summed E-state index contributed by atoms with van der Waals surface area (Å²) in [7, 11) is -0.661. The van der Waals surface area contributed by atoms with E-state index in [1.54, 1.807) is 35.7 Å². The van der Waals surface area contributed by atoms with Crippen molar-refractivity contribution < 1.29 is 17.5 Å². The minimum atomic E-state index is -4.27. The highest BCUT2D eigenvalue weighted by Gasteiger charge is 2.41. The van der Waals surface area contributed by atoms with Crippen molar-refractivity contribution in [2.45, 2.75) is 22.8 Å². The molecule has 2 unspecified atom stereocenters. The molecule has 21 heavy (non-hydrogen) atoms. The van der Waals surface area contributed by atoms with Crippen LogP contribution in [0, 0.1) is 6.92 Å². The maximum absolute atomic E-state index is 10.4. The second kappa shape index (κ2) is 7.15. The van der Waals surface area contributed by atoms with Crippen molar-refractivity contribution in [3.05, 3.63) is 29.8 Å². The van der Waals surface area contributed by atoms with Gasteiger partial charge in [0.05, 0.1) is 19.0 Å². The van der Waals surface area contributed by atoms with E-state index in [0.29, 0.717) is 5.29 Å². The van der Waals surface area contributed by atoms with E-state index >= 15 is 0 Å². The van der Waals surface area contributed by atoms with E-state index in [9.17, 15) is 13.0 Å². The minimum absolute atomic E-state index is 0.178. The summed E-state index contributed by atoms with van der Waals surface area (Å²) in [6.07, 6.45) is 0. The Morgan fingerprint density at radius 2 is 1.71 bits per heavy atom. The van der Waals surface area contributed by atoms with Crippen LogP contribution in [0.1, 0.15) is 5.56 Å². The molecule has 0 saturated heterocycles. The highest BCUT2D eigenvalue weighted by Crippen LogP contribution is 2.22. The summed E-state index contributed by atoms with van der Waals surface area (Å²) in [5.41, 5.74) is 0.454. The Morgan fingerprint density at radius 1 is 1.24 bits per heavy atom. The normalized spacial score (nSPS) is 22.1. The Kier molecular flexibility index (Phi) is 6.31. The summed E-state index contributed by atoms with van der Waals surface area (Å²) in [6, 6.07) is 5.78. The summed E-state index contributed by atoms with van der Waals surface area (Å²) in [4.78, 5) is 1.55. The fourth-order valence-corrected chi connectivity index (χ4v) is 2.83. The average Bonchev–Trinajstić information content (AvgIpc) is 2.57. The van der Waals surface area contributed by atoms with Gasteiger partial charge in [0.2, 0.25) is 11.0 Å². The molecule has 1 aromatic carbocycles. The molecule has 0 N–H and O–H groups in total. The third-order valence-corrected chi connectivity index (χ3v) is 5.43. The number of nitrogens with zero attached hydrogens (tertiary/aromatic N) is 2. The highest BCUT2D eigenvalue weighted by atomic mass is 35.5. The van der Waals surface area contributed by atoms with Gasteiger partial charge in [-0.25, -0.2) is 17.9 Å². The van der Waals surface area contributed by atoms with Crippen LogP contribution < -0.4 is 0 Å². The molecule has 1 heterocycles. The Balaban J connectivity index is 0.000000211. The standard InChI is InChI=1S/C7H8O3S.C5H8Cl3N2/c1-6-2-4-7(5-3-6)11(8,9)10;1-9-3(6)4(7)10(2)5(9)8/h2-5H,1H3,(H,8,9,10);3-4H,1-2H3/q;+1/p-1. The van der Waals surface area contributed by atoms with Crippen molar-refractivity contribution in [1.29, 1.82) is 0 Å². The van der Waals surface area contributed by atoms with Gasteiger partial charge in [-0.15, -0.1) is 0 Å². The molecular weight excluding hydrogens is 359 g/mol. The van der Waals surface area contributed by atoms with Gasteiger partial charge in [0.25, 0.3) is 0 Å². The van der Waals surface area contributed by atoms with E-state index in [4.69, 9.17) is 34.8 Å². The molecule has 0 bridgehead atoms. The van der Waals surface area contributed by atoms with E-state index in [-0.39, 0.29) is 15.9 Å². The zero-order chi connectivity index (χ0) is 16.4. The van der Waals surface area contributed by atoms with Crippen LogP contribution in [0.25, 0.3) is 0 Å². The Hall–Kier alpha value is -0.530. The van der Waals surface area contributed by atoms with Gasteiger partial charge in [-0.2, -0.15) is 0 Å². The van der Waals surface area contributed by atoms with Gasteiger partial charge in [-0.05, 0) is 19.1 Å². The number of likely N-dealkylation sites (N-methyl/N-ethyl adjacent to an activating group) is 2. The van der Waals surface area contributed by atoms with Crippen LogP contribution in [-0.4, -0.2) is 52.8 Å². The number of benzene rings is 1. The molecular formula is C12H15Cl3N2O3S. The topological polar surface area (TPSA) is 63.5 Å². The van der Waals surface area contributed by atoms with Gasteiger partial charge in [-0.3, -0.25) is 0 Å². The van der Waals surface area contributed by atoms with Crippen LogP contribution in [0.15, 0.2) is 29.2 Å². The summed E-state index contributed by atoms with van der Waals surface area (Å²) in [6.45, 7) is 1.82. The molecule has 118 valence electrons. The van der Waals surface area contributed by atoms with Crippen molar-refractivity contribution in [2.75, 3.05) is 14.1 Å². The molecule has 2 rings (SSSR count). The zero-order valence-corrected chi connectivity index (χ0v) is 14.7. The first kappa shape index (κ1) is 18.5. The molecule has 2 atom stereocenters. The molecule has 1 aliphatic heterocycles. The molecule has 9 heteroatoms. The van der Waals surface area contributed by atoms with Crippen molar-refractivity contribution in [3.8, 4) is 0 Å². The highest BCUT2D eigenvalue weighted by molar-refractivity contribution is 7.85. The van der Waals surface area contributed by atoms with Gasteiger partial charge in [-0.1, -0.05) is 40.9 Å². The SMILES string of the molecule is CN1C(Cl)=[N+](C)C(Cl)C1Cl.Cc1ccc(S(=O)(=O)[O-])cc1. The van der Waals surface area contributed by atoms with E-state index in [0.717, 1.165) is 5.56 Å². The van der Waals surface area contributed by atoms with Crippen LogP contribution >= 0.6 is 34.8 Å². The molecule has 0 fully saturated rings. The number of alkyl halides is 2. The lowest BCUT2D eigenvalue weighted by Gasteiger charge is -2.06. The maximum atomic E-state index is 10.4. The predicted molar refractivity (Wildman–Crippen MR) is 83.2 cm³/mol. The summed E-state index contributed by atoms with van der Waals surface area (Å²) in [5, 5.41) is 0.583. The van der Waals surface area contributed by atoms with Gasteiger partial charge in [0, 0.05) is 11.6 Å². The number of amidine groups is 1. The number of hydrogen-bond acceptors (Lipinski definition) is 4. The van der Waals surface area contributed by atoms with E-state index in [1.807, 2.05) is 6.92 Å². The van der Waals surface area contributed by atoms with E-state index in [2.05, 4.69) is 0 Å². The first-order valence-electron chi connectivity index (χ1n) is 5.84. The monoisotopic (exact) mass is 372 g/mol. The van der Waals surface area contributed by atoms with Crippen molar-refractivity contribution >= 4 is 50.2 Å². The first-order chi connectivity index (χ1) is 9.55. The molecule has 0 aliphatic carbocycles. The van der Waals surface area contributed by atoms with Crippen LogP contribution in [-0.2, 0) is 10.1 Å². The van der Waals surface area contributed by atoms with Gasteiger partial charge >= 0.3 is 5.29 Å². The zero-order valence-electron chi connectivity index (χ0n) is 11.6. The van der Waals surface area contributed by atoms with E-state index < -0.39 is 10.1 Å². The Bertz CT molecular complexity index is 614. The molecule has 0 spiro atoms. The maximum Gasteiger partial charge on any atom is 0.347 e. The average molecular weight is 374 g/mol. The molecule has 0 amide bonds. The largest absolute Gasteiger partial charge is 0.744 e. The summed E-state index contributed by atoms with van der Waals surface area (Å²) in [5.74, 6) is 0. The second-order valence-corrected chi connectivity index (χ2v) is 7.12. The lowest BCUT2D eigenvalue weighted by Crippen LogP contribution is -2.28. The third kappa shape index (κ3) is 4.72. The molecule has 0 saturated carbocycles. The number of aryl methyl sites for hydroxylation is 1. The molecule has 0 radical (unpaired) electrons. The molecule has 5 nitrogen and oxygen atoms in total. The number of hydrogen-bond donors (Lipinski definition) is 0. The van der Waals surface area contributed by atoms with Gasteiger partial charge in [0.1, 0.15) is 10.1 Å². The lowest BCUT2D eigenvalue weighted by atomic mass is 10.2. The van der Waals surface area contributed by atoms with Crippen LogP contribution in [0.5, 0.6) is 0 Å². The molecule has 1 aliphatic rings. The molecule has 0 aromatic heterocycles. The van der Waals surface area contributed by atoms with Gasteiger partial charge < -0.3 is 4.55 Å². The van der Waals surface area contributed by atoms with Crippen LogP contribution in [0.4, 0.5) is 0 Å². The van der Waals surface area contributed by atoms with Crippen molar-refractivity contribution in [1.82, 2.24) is 4.90 Å². The van der Waals surface area contributed by atoms with Gasteiger partial charge in [0.15, 0.2) is 0 Å². The fraction of sp³-hybridized carbons (Fsp3) is 0.417. The second-order valence-electron chi connectivity index (χ2n) is 4.50. The quantitative estimate of drug-likeness (QED) is 0.328. The van der Waals surface area contributed by atoms with E-state index in [1.165, 1.54) is 12.1 Å². The minimum Gasteiger partial charge on any atom is -0.744 e. The van der Waals surface area contributed by atoms with Crippen LogP contribution in [0.2, 0.25) is 0 Å². The number of halogens is 3. The van der Waals surface area contributed by atoms with Crippen LogP contribution in [0.3, 0.4) is 0 Å². The lowest BCUT2D eigenvalue weighted by molar-refractivity contribution is -0.503. The predicted octanol–water partition coefficient (Wildman–Crippen LogP) is 2.20.